The van der Waals surface area contributed by atoms with Crippen LogP contribution in [0.5, 0.6) is 0 Å². The number of hydrogen-bond acceptors (Lipinski definition) is 20. The number of imide groups is 1. The Hall–Kier alpha value is -2.59. The minimum Gasteiger partial charge on any atom is -0.394 e. The molecule has 53 heavy (non-hydrogen) atoms. The lowest BCUT2D eigenvalue weighted by Crippen LogP contribution is -2.64. The molecule has 4 aliphatic rings. The third-order valence-corrected chi connectivity index (χ3v) is 8.95. The predicted molar refractivity (Wildman–Crippen MR) is 163 cm³/mol. The smallest absolute Gasteiger partial charge is 0.333 e. The maximum atomic E-state index is 15.9. The Kier molecular flexibility index (Phi) is 16.1. The number of aliphatic hydroxyl groups is 9. The van der Waals surface area contributed by atoms with E-state index in [-0.39, 0.29) is 51.7 Å². The number of hydroxylamine groups is 2. The number of unbranched alkanes of at least 4 members (excludes halogenated alkanes) is 1. The van der Waals surface area contributed by atoms with Gasteiger partial charge < -0.3 is 84.5 Å². The number of amides is 3. The van der Waals surface area contributed by atoms with Crippen molar-refractivity contribution < 1.29 is 103 Å². The molecular weight excluding hydrogens is 727 g/mol. The van der Waals surface area contributed by atoms with Gasteiger partial charge in [-0.25, -0.2) is 9.18 Å². The molecule has 4 rings (SSSR count). The molecule has 1 unspecified atom stereocenters. The van der Waals surface area contributed by atoms with Gasteiger partial charge in [-0.3, -0.25) is 14.4 Å². The number of carbonyl (C=O) groups is 4. The van der Waals surface area contributed by atoms with E-state index < -0.39 is 136 Å². The lowest BCUT2D eigenvalue weighted by Gasteiger charge is -2.46. The molecule has 4 fully saturated rings. The fraction of sp³-hybridized carbons (Fsp3) is 0.867. The number of alkyl halides is 1. The van der Waals surface area contributed by atoms with Gasteiger partial charge in [0.25, 0.3) is 11.8 Å². The van der Waals surface area contributed by atoms with Crippen molar-refractivity contribution in [2.45, 2.75) is 131 Å². The molecule has 4 saturated heterocycles. The van der Waals surface area contributed by atoms with Crippen molar-refractivity contribution in [1.29, 1.82) is 0 Å². The minimum absolute atomic E-state index is 0.0426. The Morgan fingerprint density at radius 2 is 1.26 bits per heavy atom. The summed E-state index contributed by atoms with van der Waals surface area (Å²) >= 11 is 0. The molecule has 10 N–H and O–H groups in total. The summed E-state index contributed by atoms with van der Waals surface area (Å²) in [5.74, 6) is -2.52. The van der Waals surface area contributed by atoms with Crippen molar-refractivity contribution in [3.05, 3.63) is 0 Å². The molecule has 304 valence electrons. The van der Waals surface area contributed by atoms with E-state index in [0.717, 1.165) is 0 Å². The molecule has 4 heterocycles. The van der Waals surface area contributed by atoms with Crippen molar-refractivity contribution in [3.8, 4) is 0 Å². The van der Waals surface area contributed by atoms with Crippen molar-refractivity contribution in [1.82, 2.24) is 10.4 Å². The van der Waals surface area contributed by atoms with Crippen LogP contribution >= 0.6 is 0 Å². The summed E-state index contributed by atoms with van der Waals surface area (Å²) in [5.41, 5.74) is 0. The minimum atomic E-state index is -2.34. The monoisotopic (exact) mass is 774 g/mol. The summed E-state index contributed by atoms with van der Waals surface area (Å²) in [5, 5.41) is 94.0. The van der Waals surface area contributed by atoms with Crippen molar-refractivity contribution >= 4 is 23.7 Å². The highest BCUT2D eigenvalue weighted by Crippen LogP contribution is 2.32. The highest BCUT2D eigenvalue weighted by Gasteiger charge is 2.52. The topological polar surface area (TPSA) is 330 Å². The van der Waals surface area contributed by atoms with Crippen LogP contribution in [0.2, 0.25) is 0 Å². The molecule has 23 heteroatoms. The third kappa shape index (κ3) is 10.8. The van der Waals surface area contributed by atoms with Crippen LogP contribution in [0.1, 0.15) is 38.5 Å². The van der Waals surface area contributed by atoms with Gasteiger partial charge in [0.05, 0.1) is 26.4 Å². The molecule has 0 radical (unpaired) electrons. The second kappa shape index (κ2) is 19.8. The van der Waals surface area contributed by atoms with E-state index in [0.29, 0.717) is 5.06 Å². The Morgan fingerprint density at radius 3 is 1.87 bits per heavy atom. The average Bonchev–Trinajstić information content (AvgIpc) is 3.45. The number of ether oxygens (including phenoxy) is 6. The largest absolute Gasteiger partial charge is 0.394 e. The molecule has 0 spiro atoms. The quantitative estimate of drug-likeness (QED) is 0.0485. The normalized spacial score (nSPS) is 39.3. The molecule has 0 saturated carbocycles. The standard InChI is InChI=1S/C30H47FN2O20/c31-19-27(52-30-26(46)24(44)21(41)13(10-35)50-30)22(42)14(11-48-29-25(45)23(43)20(40)12(9-34)49-29)51-28(19)47-8-7-32-15(36)3-1-2-4-18(39)53-33-16(37)5-6-17(33)38/h12-14,19-30,34-35,40-46H,1-11H2,(H,32,36)/t12-,13-,14-,19-,20-,21-,22-,23+,24+,25+,26+,27-,28+,29?,30-/m1/s1. The molecule has 22 nitrogen and oxygen atoms in total. The Balaban J connectivity index is 1.30. The van der Waals surface area contributed by atoms with Gasteiger partial charge in [0.1, 0.15) is 67.1 Å². The first-order valence-electron chi connectivity index (χ1n) is 17.0. The van der Waals surface area contributed by atoms with Crippen LogP contribution in [0, 0.1) is 0 Å². The second-order valence-electron chi connectivity index (χ2n) is 12.8. The number of rotatable bonds is 17. The average molecular weight is 775 g/mol. The SMILES string of the molecule is O=C(CCCCC(=O)ON1C(=O)CCC1=O)NCCO[C@H]1O[C@H](COC2O[C@H](CO)[C@@H](O)[C@H](O)[C@@H]2O)[C@@H](O)[C@H](O[C@H]2O[C@H](CO)[C@@H](O)[C@H](O)[C@@H]2O)[C@H]1F. The number of nitrogens with zero attached hydrogens (tertiary/aromatic N) is 1. The van der Waals surface area contributed by atoms with Crippen molar-refractivity contribution in [2.24, 2.45) is 0 Å². The van der Waals surface area contributed by atoms with Crippen LogP contribution < -0.4 is 5.32 Å². The van der Waals surface area contributed by atoms with E-state index in [2.05, 4.69) is 5.32 Å². The fourth-order valence-corrected chi connectivity index (χ4v) is 5.85. The Morgan fingerprint density at radius 1 is 0.717 bits per heavy atom. The maximum Gasteiger partial charge on any atom is 0.333 e. The van der Waals surface area contributed by atoms with Gasteiger partial charge >= 0.3 is 5.97 Å². The first kappa shape index (κ1) is 43.1. The Bertz CT molecular complexity index is 1220. The van der Waals surface area contributed by atoms with E-state index in [1.807, 2.05) is 0 Å². The van der Waals surface area contributed by atoms with Crippen LogP contribution in [0.4, 0.5) is 4.39 Å². The van der Waals surface area contributed by atoms with Crippen LogP contribution in [-0.4, -0.2) is 200 Å². The highest BCUT2D eigenvalue weighted by molar-refractivity contribution is 6.01. The van der Waals surface area contributed by atoms with Gasteiger partial charge in [0.2, 0.25) is 5.91 Å². The zero-order valence-electron chi connectivity index (χ0n) is 28.3. The van der Waals surface area contributed by atoms with E-state index in [4.69, 9.17) is 33.3 Å². The molecule has 0 aromatic rings. The van der Waals surface area contributed by atoms with Gasteiger partial charge in [-0.2, -0.15) is 0 Å². The summed E-state index contributed by atoms with van der Waals surface area (Å²) in [6, 6.07) is 0. The number of hydrogen-bond donors (Lipinski definition) is 10. The van der Waals surface area contributed by atoms with E-state index in [9.17, 15) is 65.1 Å². The maximum absolute atomic E-state index is 15.9. The zero-order chi connectivity index (χ0) is 39.0. The summed E-state index contributed by atoms with van der Waals surface area (Å²) in [6.45, 7) is -2.86. The summed E-state index contributed by atoms with van der Waals surface area (Å²) in [4.78, 5) is 52.0. The van der Waals surface area contributed by atoms with Crippen LogP contribution in [0.15, 0.2) is 0 Å². The number of nitrogens with one attached hydrogen (secondary N) is 1. The van der Waals surface area contributed by atoms with Gasteiger partial charge in [-0.1, -0.05) is 0 Å². The Labute approximate surface area is 300 Å². The molecule has 4 aliphatic heterocycles. The van der Waals surface area contributed by atoms with Crippen LogP contribution in [0.25, 0.3) is 0 Å². The first-order chi connectivity index (χ1) is 25.2. The van der Waals surface area contributed by atoms with Crippen LogP contribution in [-0.2, 0) is 52.4 Å². The summed E-state index contributed by atoms with van der Waals surface area (Å²) < 4.78 is 48.4. The van der Waals surface area contributed by atoms with E-state index in [1.165, 1.54) is 0 Å². The summed E-state index contributed by atoms with van der Waals surface area (Å²) in [7, 11) is 0. The van der Waals surface area contributed by atoms with E-state index in [1.54, 1.807) is 0 Å². The first-order valence-corrected chi connectivity index (χ1v) is 17.0. The molecule has 0 aromatic carbocycles. The number of carbonyl (C=O) groups excluding carboxylic acids is 4. The lowest BCUT2D eigenvalue weighted by molar-refractivity contribution is -0.359. The van der Waals surface area contributed by atoms with Crippen molar-refractivity contribution in [3.63, 3.8) is 0 Å². The predicted octanol–water partition coefficient (Wildman–Crippen LogP) is -6.29. The number of halogens is 1. The molecule has 3 amide bonds. The fourth-order valence-electron chi connectivity index (χ4n) is 5.85. The van der Waals surface area contributed by atoms with Crippen molar-refractivity contribution in [2.75, 3.05) is 33.0 Å². The molecular formula is C30H47FN2O20. The molecule has 0 bridgehead atoms. The van der Waals surface area contributed by atoms with Gasteiger partial charge in [-0.15, -0.1) is 5.06 Å². The molecule has 0 aliphatic carbocycles. The highest BCUT2D eigenvalue weighted by atomic mass is 19.1. The molecule has 0 aromatic heterocycles. The lowest BCUT2D eigenvalue weighted by atomic mass is 9.97. The third-order valence-electron chi connectivity index (χ3n) is 8.95. The number of aliphatic hydroxyl groups excluding tert-OH is 9. The molecule has 15 atom stereocenters. The van der Waals surface area contributed by atoms with Gasteiger partial charge in [0, 0.05) is 32.2 Å². The van der Waals surface area contributed by atoms with Gasteiger partial charge in [-0.05, 0) is 12.8 Å². The second-order valence-corrected chi connectivity index (χ2v) is 12.8. The zero-order valence-corrected chi connectivity index (χ0v) is 28.3. The summed E-state index contributed by atoms with van der Waals surface area (Å²) in [6.07, 6.45) is -26.8. The van der Waals surface area contributed by atoms with Crippen LogP contribution in [0.3, 0.4) is 0 Å². The van der Waals surface area contributed by atoms with Gasteiger partial charge in [0.15, 0.2) is 25.0 Å². The van der Waals surface area contributed by atoms with E-state index >= 15 is 4.39 Å².